The molecule has 2 aliphatic rings. The van der Waals surface area contributed by atoms with Crippen LogP contribution in [0, 0.1) is 12.3 Å². The van der Waals surface area contributed by atoms with E-state index in [0.717, 1.165) is 51.3 Å². The van der Waals surface area contributed by atoms with Crippen molar-refractivity contribution in [1.29, 1.82) is 5.41 Å². The lowest BCUT2D eigenvalue weighted by molar-refractivity contribution is 0.00495. The van der Waals surface area contributed by atoms with Crippen molar-refractivity contribution in [2.45, 2.75) is 51.3 Å². The topological polar surface area (TPSA) is 96.5 Å². The van der Waals surface area contributed by atoms with Crippen molar-refractivity contribution in [2.75, 3.05) is 33.4 Å². The summed E-state index contributed by atoms with van der Waals surface area (Å²) < 4.78 is 16.6. The molecule has 0 aliphatic carbocycles. The Balaban J connectivity index is 1.69. The molecule has 2 atom stereocenters. The quantitative estimate of drug-likeness (QED) is 0.545. The van der Waals surface area contributed by atoms with Gasteiger partial charge in [-0.2, -0.15) is 4.98 Å². The van der Waals surface area contributed by atoms with E-state index in [4.69, 9.17) is 19.4 Å². The zero-order chi connectivity index (χ0) is 20.1. The number of aromatic nitrogens is 2. The summed E-state index contributed by atoms with van der Waals surface area (Å²) in [4.78, 5) is 6.51. The zero-order valence-electron chi connectivity index (χ0n) is 17.0. The molecule has 154 valence electrons. The first-order valence-corrected chi connectivity index (χ1v) is 9.86. The summed E-state index contributed by atoms with van der Waals surface area (Å²) in [5.74, 6) is 0.955. The van der Waals surface area contributed by atoms with E-state index in [1.807, 2.05) is 0 Å². The van der Waals surface area contributed by atoms with Gasteiger partial charge < -0.3 is 29.6 Å². The van der Waals surface area contributed by atoms with Crippen LogP contribution in [0.5, 0.6) is 0 Å². The standard InChI is InChI=1S/C20H31N5O3/c1-13(21)11-17(20-22-15(3)24-28-20)14(2)25-8-5-18(19(12-25)26-4)23-16-6-9-27-10-7-16/h11,16,18-19,21,23H,2,5-10,12H2,1,3-4H3/b17-11+,21-13?/t18-,19+/m1/s1. The molecule has 0 unspecified atom stereocenters. The Labute approximate surface area is 166 Å². The number of piperidine rings is 1. The van der Waals surface area contributed by atoms with Crippen LogP contribution in [-0.2, 0) is 9.47 Å². The van der Waals surface area contributed by atoms with Crippen molar-refractivity contribution in [3.05, 3.63) is 30.1 Å². The SMILES string of the molecule is C=C(/C(=C\C(C)=N)c1nc(C)no1)N1CC[C@@H](NC2CCOCC2)[C@@H](OC)C1. The molecule has 8 nitrogen and oxygen atoms in total. The van der Waals surface area contributed by atoms with Gasteiger partial charge in [-0.1, -0.05) is 11.7 Å². The smallest absolute Gasteiger partial charge is 0.260 e. The number of nitrogens with zero attached hydrogens (tertiary/aromatic N) is 3. The maximum absolute atomic E-state index is 7.87. The van der Waals surface area contributed by atoms with Crippen LogP contribution < -0.4 is 5.32 Å². The number of aryl methyl sites for hydroxylation is 1. The number of ether oxygens (including phenoxy) is 2. The molecule has 2 fully saturated rings. The number of hydrogen-bond donors (Lipinski definition) is 2. The van der Waals surface area contributed by atoms with Gasteiger partial charge in [0.05, 0.1) is 11.7 Å². The molecule has 0 bridgehead atoms. The Morgan fingerprint density at radius 1 is 1.36 bits per heavy atom. The van der Waals surface area contributed by atoms with Crippen LogP contribution in [-0.4, -0.2) is 72.4 Å². The minimum Gasteiger partial charge on any atom is -0.381 e. The molecule has 0 aromatic carbocycles. The third kappa shape index (κ3) is 5.06. The molecule has 0 spiro atoms. The van der Waals surface area contributed by atoms with E-state index in [1.165, 1.54) is 0 Å². The molecule has 1 aromatic heterocycles. The predicted octanol–water partition coefficient (Wildman–Crippen LogP) is 2.17. The third-order valence-electron chi connectivity index (χ3n) is 5.34. The molecule has 0 radical (unpaired) electrons. The first kappa shape index (κ1) is 20.7. The lowest BCUT2D eigenvalue weighted by Crippen LogP contribution is -2.56. The molecular formula is C20H31N5O3. The van der Waals surface area contributed by atoms with Gasteiger partial charge in [0.15, 0.2) is 5.82 Å². The molecule has 3 rings (SSSR count). The van der Waals surface area contributed by atoms with Crippen molar-refractivity contribution in [2.24, 2.45) is 0 Å². The molecule has 0 amide bonds. The summed E-state index contributed by atoms with van der Waals surface area (Å²) in [7, 11) is 1.76. The van der Waals surface area contributed by atoms with Gasteiger partial charge in [0.25, 0.3) is 5.89 Å². The molecule has 1 aromatic rings. The Kier molecular flexibility index (Phi) is 6.98. The van der Waals surface area contributed by atoms with E-state index < -0.39 is 0 Å². The average Bonchev–Trinajstić information content (AvgIpc) is 3.12. The molecule has 3 heterocycles. The monoisotopic (exact) mass is 389 g/mol. The summed E-state index contributed by atoms with van der Waals surface area (Å²) in [6, 6.07) is 0.795. The summed E-state index contributed by atoms with van der Waals surface area (Å²) in [6.45, 7) is 11.0. The lowest BCUT2D eigenvalue weighted by Gasteiger charge is -2.42. The molecule has 2 saturated heterocycles. The zero-order valence-corrected chi connectivity index (χ0v) is 17.0. The Morgan fingerprint density at radius 2 is 2.11 bits per heavy atom. The van der Waals surface area contributed by atoms with E-state index in [9.17, 15) is 0 Å². The van der Waals surface area contributed by atoms with Crippen molar-refractivity contribution < 1.29 is 14.0 Å². The van der Waals surface area contributed by atoms with Crippen LogP contribution in [0.15, 0.2) is 22.9 Å². The largest absolute Gasteiger partial charge is 0.381 e. The second-order valence-corrected chi connectivity index (χ2v) is 7.50. The Hall–Kier alpha value is -2.03. The Bertz CT molecular complexity index is 723. The minimum absolute atomic E-state index is 0.0556. The fourth-order valence-corrected chi connectivity index (χ4v) is 3.82. The summed E-state index contributed by atoms with van der Waals surface area (Å²) >= 11 is 0. The van der Waals surface area contributed by atoms with Crippen molar-refractivity contribution in [3.63, 3.8) is 0 Å². The molecule has 2 N–H and O–H groups in total. The van der Waals surface area contributed by atoms with Gasteiger partial charge in [-0.3, -0.25) is 0 Å². The molecule has 2 aliphatic heterocycles. The molecule has 8 heteroatoms. The highest BCUT2D eigenvalue weighted by Gasteiger charge is 2.33. The second kappa shape index (κ2) is 9.45. The van der Waals surface area contributed by atoms with Crippen LogP contribution in [0.1, 0.15) is 37.9 Å². The van der Waals surface area contributed by atoms with Gasteiger partial charge >= 0.3 is 0 Å². The summed E-state index contributed by atoms with van der Waals surface area (Å²) in [5, 5.41) is 15.5. The van der Waals surface area contributed by atoms with Gasteiger partial charge in [0.2, 0.25) is 0 Å². The lowest BCUT2D eigenvalue weighted by atomic mass is 9.97. The van der Waals surface area contributed by atoms with Gasteiger partial charge in [0.1, 0.15) is 0 Å². The van der Waals surface area contributed by atoms with Gasteiger partial charge in [-0.25, -0.2) is 0 Å². The number of rotatable bonds is 7. The van der Waals surface area contributed by atoms with Crippen LogP contribution in [0.25, 0.3) is 5.57 Å². The van der Waals surface area contributed by atoms with Crippen LogP contribution in [0.4, 0.5) is 0 Å². The molecule has 0 saturated carbocycles. The van der Waals surface area contributed by atoms with E-state index in [2.05, 4.69) is 26.9 Å². The van der Waals surface area contributed by atoms with Crippen molar-refractivity contribution >= 4 is 11.3 Å². The number of hydrogen-bond acceptors (Lipinski definition) is 8. The van der Waals surface area contributed by atoms with E-state index >= 15 is 0 Å². The fraction of sp³-hybridized carbons (Fsp3) is 0.650. The fourth-order valence-electron chi connectivity index (χ4n) is 3.82. The third-order valence-corrected chi connectivity index (χ3v) is 5.34. The number of methoxy groups -OCH3 is 1. The van der Waals surface area contributed by atoms with Crippen LogP contribution in [0.2, 0.25) is 0 Å². The van der Waals surface area contributed by atoms with Crippen molar-refractivity contribution in [1.82, 2.24) is 20.4 Å². The molecule has 28 heavy (non-hydrogen) atoms. The van der Waals surface area contributed by atoms with Crippen LogP contribution >= 0.6 is 0 Å². The predicted molar refractivity (Wildman–Crippen MR) is 107 cm³/mol. The highest BCUT2D eigenvalue weighted by atomic mass is 16.5. The second-order valence-electron chi connectivity index (χ2n) is 7.50. The van der Waals surface area contributed by atoms with E-state index in [-0.39, 0.29) is 6.10 Å². The molecular weight excluding hydrogens is 358 g/mol. The summed E-state index contributed by atoms with van der Waals surface area (Å²) in [6.07, 6.45) is 4.83. The highest BCUT2D eigenvalue weighted by Crippen LogP contribution is 2.27. The first-order chi connectivity index (χ1) is 13.5. The number of nitrogens with one attached hydrogen (secondary N) is 2. The first-order valence-electron chi connectivity index (χ1n) is 9.86. The Morgan fingerprint density at radius 3 is 2.71 bits per heavy atom. The minimum atomic E-state index is 0.0556. The van der Waals surface area contributed by atoms with Gasteiger partial charge in [-0.15, -0.1) is 0 Å². The van der Waals surface area contributed by atoms with E-state index in [1.54, 1.807) is 27.0 Å². The van der Waals surface area contributed by atoms with E-state index in [0.29, 0.717) is 35.1 Å². The van der Waals surface area contributed by atoms with Crippen LogP contribution in [0.3, 0.4) is 0 Å². The van der Waals surface area contributed by atoms with Gasteiger partial charge in [-0.05, 0) is 39.2 Å². The van der Waals surface area contributed by atoms with Crippen molar-refractivity contribution in [3.8, 4) is 0 Å². The normalized spacial score (nSPS) is 24.4. The maximum Gasteiger partial charge on any atom is 0.260 e. The number of likely N-dealkylation sites (tertiary alicyclic amines) is 1. The highest BCUT2D eigenvalue weighted by molar-refractivity contribution is 5.99. The van der Waals surface area contributed by atoms with Gasteiger partial charge in [0, 0.05) is 56.9 Å². The number of allylic oxidation sites excluding steroid dienone is 2. The average molecular weight is 390 g/mol. The maximum atomic E-state index is 7.87. The summed E-state index contributed by atoms with van der Waals surface area (Å²) in [5.41, 5.74) is 1.88.